The van der Waals surface area contributed by atoms with E-state index in [1.165, 1.54) is 6.92 Å². The highest BCUT2D eigenvalue weighted by Gasteiger charge is 2.27. The second-order valence-corrected chi connectivity index (χ2v) is 4.84. The Hall–Kier alpha value is -2.90. The van der Waals surface area contributed by atoms with Gasteiger partial charge >= 0.3 is 11.9 Å². The van der Waals surface area contributed by atoms with Crippen LogP contribution in [0.1, 0.15) is 18.9 Å². The second-order valence-electron chi connectivity index (χ2n) is 4.84. The molecule has 0 aliphatic carbocycles. The van der Waals surface area contributed by atoms with E-state index < -0.39 is 42.3 Å². The molecule has 1 radical (unpaired) electrons. The summed E-state index contributed by atoms with van der Waals surface area (Å²) in [6.07, 6.45) is -0.656. The SMILES string of the molecule is CC(=O)NC(Cc1[c]cccc1)C(=O)N[C@@H](CC(=O)O)C(=O)O. The van der Waals surface area contributed by atoms with Gasteiger partial charge in [-0.2, -0.15) is 0 Å². The molecule has 0 bridgehead atoms. The van der Waals surface area contributed by atoms with Gasteiger partial charge in [-0.15, -0.1) is 0 Å². The Labute approximate surface area is 132 Å². The molecule has 0 aromatic heterocycles. The normalized spacial score (nSPS) is 12.7. The molecule has 0 aliphatic rings. The molecular formula is C15H17N2O6. The van der Waals surface area contributed by atoms with Crippen molar-refractivity contribution in [2.45, 2.75) is 31.8 Å². The van der Waals surface area contributed by atoms with Crippen LogP contribution >= 0.6 is 0 Å². The van der Waals surface area contributed by atoms with Crippen LogP contribution in [0.5, 0.6) is 0 Å². The van der Waals surface area contributed by atoms with Gasteiger partial charge < -0.3 is 20.8 Å². The van der Waals surface area contributed by atoms with Gasteiger partial charge in [-0.25, -0.2) is 4.79 Å². The Kier molecular flexibility index (Phi) is 6.72. The average Bonchev–Trinajstić information content (AvgIpc) is 2.45. The van der Waals surface area contributed by atoms with Gasteiger partial charge in [-0.3, -0.25) is 14.4 Å². The third-order valence-corrected chi connectivity index (χ3v) is 2.88. The summed E-state index contributed by atoms with van der Waals surface area (Å²) in [5.41, 5.74) is 0.645. The van der Waals surface area contributed by atoms with Crippen LogP contribution in [0, 0.1) is 6.07 Å². The molecule has 1 aromatic carbocycles. The second kappa shape index (κ2) is 8.52. The summed E-state index contributed by atoms with van der Waals surface area (Å²) in [5.74, 6) is -4.06. The van der Waals surface area contributed by atoms with Gasteiger partial charge in [0.05, 0.1) is 6.42 Å². The van der Waals surface area contributed by atoms with Crippen molar-refractivity contribution in [2.75, 3.05) is 0 Å². The summed E-state index contributed by atoms with van der Waals surface area (Å²) in [7, 11) is 0. The number of carbonyl (C=O) groups excluding carboxylic acids is 2. The van der Waals surface area contributed by atoms with Gasteiger partial charge in [0.25, 0.3) is 0 Å². The van der Waals surface area contributed by atoms with Gasteiger partial charge in [-0.05, 0) is 11.6 Å². The molecule has 8 heteroatoms. The predicted molar refractivity (Wildman–Crippen MR) is 78.4 cm³/mol. The standard InChI is InChI=1S/C15H17N2O6/c1-9(18)16-11(7-10-5-3-2-4-6-10)14(21)17-12(15(22)23)8-13(19)20/h2-5,11-12H,7-8H2,1H3,(H,16,18)(H,17,21)(H,19,20)(H,22,23)/t11?,12-/m0/s1. The molecule has 0 saturated carbocycles. The van der Waals surface area contributed by atoms with E-state index in [9.17, 15) is 19.2 Å². The Bertz CT molecular complexity index is 587. The van der Waals surface area contributed by atoms with Gasteiger partial charge in [0.1, 0.15) is 12.1 Å². The summed E-state index contributed by atoms with van der Waals surface area (Å²) in [6, 6.07) is 7.11. The highest BCUT2D eigenvalue weighted by Crippen LogP contribution is 2.04. The van der Waals surface area contributed by atoms with Crippen molar-refractivity contribution in [1.82, 2.24) is 10.6 Å². The fourth-order valence-electron chi connectivity index (χ4n) is 1.88. The Morgan fingerprint density at radius 2 is 1.83 bits per heavy atom. The third kappa shape index (κ3) is 6.60. The first kappa shape index (κ1) is 18.1. The molecule has 1 unspecified atom stereocenters. The van der Waals surface area contributed by atoms with Crippen LogP contribution in [0.25, 0.3) is 0 Å². The fraction of sp³-hybridized carbons (Fsp3) is 0.333. The molecule has 0 heterocycles. The van der Waals surface area contributed by atoms with Crippen LogP contribution in [-0.4, -0.2) is 46.0 Å². The molecule has 0 saturated heterocycles. The largest absolute Gasteiger partial charge is 0.481 e. The van der Waals surface area contributed by atoms with E-state index in [-0.39, 0.29) is 6.42 Å². The maximum absolute atomic E-state index is 12.2. The molecular weight excluding hydrogens is 304 g/mol. The average molecular weight is 321 g/mol. The molecule has 123 valence electrons. The van der Waals surface area contributed by atoms with Gasteiger partial charge in [-0.1, -0.05) is 24.3 Å². The molecule has 4 N–H and O–H groups in total. The molecule has 1 rings (SSSR count). The summed E-state index contributed by atoms with van der Waals surface area (Å²) < 4.78 is 0. The van der Waals surface area contributed by atoms with Crippen LogP contribution in [0.15, 0.2) is 24.3 Å². The topological polar surface area (TPSA) is 133 Å². The molecule has 1 aromatic rings. The fourth-order valence-corrected chi connectivity index (χ4v) is 1.88. The van der Waals surface area contributed by atoms with Gasteiger partial charge in [0.2, 0.25) is 11.8 Å². The van der Waals surface area contributed by atoms with Crippen molar-refractivity contribution in [3.8, 4) is 0 Å². The number of rotatable bonds is 8. The van der Waals surface area contributed by atoms with Crippen LogP contribution in [0.4, 0.5) is 0 Å². The van der Waals surface area contributed by atoms with E-state index in [2.05, 4.69) is 16.7 Å². The Morgan fingerprint density at radius 3 is 2.30 bits per heavy atom. The maximum atomic E-state index is 12.2. The van der Waals surface area contributed by atoms with Crippen LogP contribution in [0.3, 0.4) is 0 Å². The molecule has 8 nitrogen and oxygen atoms in total. The highest BCUT2D eigenvalue weighted by atomic mass is 16.4. The van der Waals surface area contributed by atoms with Crippen molar-refractivity contribution in [3.63, 3.8) is 0 Å². The first-order valence-electron chi connectivity index (χ1n) is 6.77. The zero-order valence-corrected chi connectivity index (χ0v) is 12.4. The Balaban J connectivity index is 2.83. The number of hydrogen-bond donors (Lipinski definition) is 4. The summed E-state index contributed by atoms with van der Waals surface area (Å²) >= 11 is 0. The van der Waals surface area contributed by atoms with E-state index in [4.69, 9.17) is 10.2 Å². The monoisotopic (exact) mass is 321 g/mol. The van der Waals surface area contributed by atoms with E-state index in [1.54, 1.807) is 24.3 Å². The number of nitrogens with one attached hydrogen (secondary N) is 2. The predicted octanol–water partition coefficient (Wildman–Crippen LogP) is -0.422. The van der Waals surface area contributed by atoms with E-state index in [0.717, 1.165) is 0 Å². The van der Waals surface area contributed by atoms with Crippen molar-refractivity contribution in [1.29, 1.82) is 0 Å². The molecule has 0 aliphatic heterocycles. The minimum atomic E-state index is -1.57. The number of hydrogen-bond acceptors (Lipinski definition) is 4. The number of carboxylic acids is 2. The van der Waals surface area contributed by atoms with Crippen molar-refractivity contribution < 1.29 is 29.4 Å². The molecule has 23 heavy (non-hydrogen) atoms. The highest BCUT2D eigenvalue weighted by molar-refractivity contribution is 5.91. The van der Waals surface area contributed by atoms with E-state index in [1.807, 2.05) is 0 Å². The number of carbonyl (C=O) groups is 4. The summed E-state index contributed by atoms with van der Waals surface area (Å²) in [6.45, 7) is 1.22. The van der Waals surface area contributed by atoms with Crippen LogP contribution in [-0.2, 0) is 25.6 Å². The zero-order chi connectivity index (χ0) is 17.4. The minimum Gasteiger partial charge on any atom is -0.481 e. The lowest BCUT2D eigenvalue weighted by Crippen LogP contribution is -2.52. The molecule has 2 amide bonds. The molecule has 0 fully saturated rings. The lowest BCUT2D eigenvalue weighted by atomic mass is 10.0. The first-order chi connectivity index (χ1) is 10.8. The molecule has 2 atom stereocenters. The molecule has 0 spiro atoms. The van der Waals surface area contributed by atoms with Gasteiger partial charge in [0, 0.05) is 13.3 Å². The Morgan fingerprint density at radius 1 is 1.13 bits per heavy atom. The lowest BCUT2D eigenvalue weighted by molar-refractivity contribution is -0.147. The van der Waals surface area contributed by atoms with E-state index in [0.29, 0.717) is 5.56 Å². The summed E-state index contributed by atoms with van der Waals surface area (Å²) in [4.78, 5) is 45.1. The van der Waals surface area contributed by atoms with E-state index >= 15 is 0 Å². The summed E-state index contributed by atoms with van der Waals surface area (Å²) in [5, 5.41) is 22.2. The van der Waals surface area contributed by atoms with Crippen molar-refractivity contribution in [3.05, 3.63) is 35.9 Å². The number of benzene rings is 1. The lowest BCUT2D eigenvalue weighted by Gasteiger charge is -2.20. The first-order valence-corrected chi connectivity index (χ1v) is 6.77. The van der Waals surface area contributed by atoms with Crippen molar-refractivity contribution in [2.24, 2.45) is 0 Å². The smallest absolute Gasteiger partial charge is 0.326 e. The zero-order valence-electron chi connectivity index (χ0n) is 12.4. The van der Waals surface area contributed by atoms with Gasteiger partial charge in [0.15, 0.2) is 0 Å². The quantitative estimate of drug-likeness (QED) is 0.514. The van der Waals surface area contributed by atoms with Crippen molar-refractivity contribution >= 4 is 23.8 Å². The number of amides is 2. The third-order valence-electron chi connectivity index (χ3n) is 2.88. The van der Waals surface area contributed by atoms with Crippen LogP contribution < -0.4 is 10.6 Å². The number of aliphatic carboxylic acids is 2. The van der Waals surface area contributed by atoms with Crippen LogP contribution in [0.2, 0.25) is 0 Å². The number of carboxylic acid groups (broad SMARTS) is 2. The maximum Gasteiger partial charge on any atom is 0.326 e. The minimum absolute atomic E-state index is 0.103.